The van der Waals surface area contributed by atoms with Crippen LogP contribution in [-0.2, 0) is 27.5 Å². The van der Waals surface area contributed by atoms with E-state index in [2.05, 4.69) is 27.7 Å². The normalized spacial score (nSPS) is 10.5. The predicted octanol–water partition coefficient (Wildman–Crippen LogP) is -0.920. The number of nitrogens with two attached hydrogens (primary N) is 1. The van der Waals surface area contributed by atoms with Gasteiger partial charge in [-0.1, -0.05) is 32.7 Å². The third-order valence-corrected chi connectivity index (χ3v) is 2.16. The third-order valence-electron chi connectivity index (χ3n) is 2.07. The number of hydrazone groups is 1. The summed E-state index contributed by atoms with van der Waals surface area (Å²) in [5.74, 6) is 0. The van der Waals surface area contributed by atoms with Gasteiger partial charge in [0.05, 0.1) is 11.9 Å². The Labute approximate surface area is 142 Å². The van der Waals surface area contributed by atoms with Crippen molar-refractivity contribution in [1.29, 1.82) is 0 Å². The molecule has 1 aromatic heterocycles. The van der Waals surface area contributed by atoms with Gasteiger partial charge < -0.3 is 5.73 Å². The molecule has 0 aliphatic heterocycles. The van der Waals surface area contributed by atoms with Gasteiger partial charge in [-0.05, 0) is 23.7 Å². The fraction of sp³-hybridized carbons (Fsp3) is 0. The van der Waals surface area contributed by atoms with Crippen molar-refractivity contribution >= 4 is 44.7 Å². The van der Waals surface area contributed by atoms with Crippen molar-refractivity contribution in [3.05, 3.63) is 42.2 Å². The zero-order valence-corrected chi connectivity index (χ0v) is 13.7. The van der Waals surface area contributed by atoms with E-state index >= 15 is 0 Å². The van der Waals surface area contributed by atoms with Crippen molar-refractivity contribution in [2.24, 2.45) is 10.8 Å². The second-order valence-electron chi connectivity index (χ2n) is 3.66. The van der Waals surface area contributed by atoms with Crippen molar-refractivity contribution in [3.8, 4) is 0 Å². The monoisotopic (exact) mass is 386 g/mol. The zero-order chi connectivity index (χ0) is 15.9. The first kappa shape index (κ1) is 20.4. The molecule has 1 heterocycles. The summed E-state index contributed by atoms with van der Waals surface area (Å²) in [4.78, 5) is 4.23. The summed E-state index contributed by atoms with van der Waals surface area (Å²) in [7, 11) is -4.17. The number of fused-ring (bicyclic) bond motifs is 1. The number of benzene rings is 1. The first-order valence-electron chi connectivity index (χ1n) is 5.44. The van der Waals surface area contributed by atoms with Crippen LogP contribution in [0.5, 0.6) is 0 Å². The van der Waals surface area contributed by atoms with Gasteiger partial charge in [0.2, 0.25) is 0 Å². The van der Waals surface area contributed by atoms with Gasteiger partial charge in [-0.25, -0.2) is 0 Å². The van der Waals surface area contributed by atoms with E-state index in [4.69, 9.17) is 23.3 Å². The maximum Gasteiger partial charge on any atom is 2.00 e. The van der Waals surface area contributed by atoms with Crippen molar-refractivity contribution < 1.29 is 34.6 Å². The molecule has 0 bridgehead atoms. The van der Waals surface area contributed by atoms with Gasteiger partial charge in [-0.2, -0.15) is 5.10 Å². The van der Waals surface area contributed by atoms with E-state index in [-0.39, 0.29) is 22.2 Å². The number of thiocarbonyl (C=S) groups is 1. The van der Waals surface area contributed by atoms with Crippen molar-refractivity contribution in [2.45, 2.75) is 0 Å². The largest absolute Gasteiger partial charge is 2.00 e. The Morgan fingerprint density at radius 1 is 1.32 bits per heavy atom. The molecule has 1 aromatic carbocycles. The topological polar surface area (TPSA) is 143 Å². The van der Waals surface area contributed by atoms with Crippen LogP contribution in [0.1, 0.15) is 5.69 Å². The maximum absolute atomic E-state index is 8.97. The van der Waals surface area contributed by atoms with Crippen LogP contribution >= 0.6 is 12.2 Å². The Balaban J connectivity index is 0.000000644. The Bertz CT molecular complexity index is 754. The molecule has 0 amide bonds. The molecular weight excluding hydrogens is 372 g/mol. The van der Waals surface area contributed by atoms with Crippen LogP contribution < -0.4 is 11.2 Å². The quantitative estimate of drug-likeness (QED) is 0.225. The van der Waals surface area contributed by atoms with Crippen LogP contribution in [0.25, 0.3) is 10.8 Å². The van der Waals surface area contributed by atoms with E-state index in [0.29, 0.717) is 0 Å². The van der Waals surface area contributed by atoms with Gasteiger partial charge in [-0.15, -0.1) is 0 Å². The molecule has 8 nitrogen and oxygen atoms in total. The average molecular weight is 386 g/mol. The van der Waals surface area contributed by atoms with Crippen LogP contribution in [0.3, 0.4) is 0 Å². The molecule has 2 aromatic rings. The van der Waals surface area contributed by atoms with E-state index in [1.165, 1.54) is 0 Å². The second-order valence-corrected chi connectivity index (χ2v) is 5.10. The minimum absolute atomic E-state index is 0. The van der Waals surface area contributed by atoms with Gasteiger partial charge >= 0.3 is 27.5 Å². The molecule has 0 unspecified atom stereocenters. The molecule has 0 radical (unpaired) electrons. The molecule has 0 aliphatic rings. The molecule has 0 saturated carbocycles. The number of hydrogen-bond acceptors (Lipinski definition) is 5. The number of aromatic nitrogens is 1. The molecule has 11 heteroatoms. The summed E-state index contributed by atoms with van der Waals surface area (Å²) >= 11 is 4.64. The molecule has 0 aliphatic carbocycles. The van der Waals surface area contributed by atoms with Crippen molar-refractivity contribution in [2.75, 3.05) is 0 Å². The summed E-state index contributed by atoms with van der Waals surface area (Å²) in [6, 6.07) is 9.91. The second kappa shape index (κ2) is 9.41. The Kier molecular flexibility index (Phi) is 8.71. The molecule has 0 saturated heterocycles. The molecular formula is C11H14FeN4O4S2+4. The maximum atomic E-state index is 8.97. The van der Waals surface area contributed by atoms with Crippen LogP contribution in [0.4, 0.5) is 0 Å². The molecule has 0 spiro atoms. The van der Waals surface area contributed by atoms with Gasteiger partial charge in [0.1, 0.15) is 0 Å². The fourth-order valence-corrected chi connectivity index (χ4v) is 1.46. The molecule has 0 fully saturated rings. The minimum atomic E-state index is -4.17. The van der Waals surface area contributed by atoms with Gasteiger partial charge in [0.25, 0.3) is 0 Å². The van der Waals surface area contributed by atoms with E-state index in [1.54, 1.807) is 12.4 Å². The standard InChI is InChI=1S/C11H10N4S.Fe.H2O4S/c12-11(16)15-14-7-10-9-4-2-1-3-8(9)5-6-13-10;;1-5(2,3)4/h1-7H,(H3,12,15,16);;(H2,1,2,3,4)/q;+2;/p+2. The van der Waals surface area contributed by atoms with Crippen molar-refractivity contribution in [1.82, 2.24) is 10.4 Å². The molecule has 118 valence electrons. The minimum Gasteiger partial charge on any atom is -0.375 e. The van der Waals surface area contributed by atoms with E-state index in [0.717, 1.165) is 16.5 Å². The predicted molar refractivity (Wildman–Crippen MR) is 85.4 cm³/mol. The first-order chi connectivity index (χ1) is 9.77. The fourth-order valence-electron chi connectivity index (χ4n) is 1.40. The van der Waals surface area contributed by atoms with E-state index < -0.39 is 10.4 Å². The van der Waals surface area contributed by atoms with Crippen LogP contribution in [0, 0.1) is 0 Å². The zero-order valence-electron chi connectivity index (χ0n) is 11.0. The van der Waals surface area contributed by atoms with Gasteiger partial charge in [-0.3, -0.25) is 19.5 Å². The first-order valence-corrected chi connectivity index (χ1v) is 7.33. The number of hydrogen-bond donors (Lipinski definition) is 2. The summed E-state index contributed by atoms with van der Waals surface area (Å²) in [5.41, 5.74) is 8.53. The van der Waals surface area contributed by atoms with Crippen LogP contribution in [0.2, 0.25) is 0 Å². The van der Waals surface area contributed by atoms with Crippen LogP contribution in [0.15, 0.2) is 41.6 Å². The number of nitrogens with one attached hydrogen (secondary N) is 1. The summed E-state index contributed by atoms with van der Waals surface area (Å²) < 4.78 is 29.1. The molecule has 22 heavy (non-hydrogen) atoms. The average Bonchev–Trinajstić information content (AvgIpc) is 2.37. The molecule has 2 rings (SSSR count). The summed E-state index contributed by atoms with van der Waals surface area (Å²) in [5, 5.41) is 6.18. The molecule has 7 N–H and O–H groups in total. The Morgan fingerprint density at radius 2 is 1.91 bits per heavy atom. The van der Waals surface area contributed by atoms with Gasteiger partial charge in [0.15, 0.2) is 5.11 Å². The van der Waals surface area contributed by atoms with E-state index in [9.17, 15) is 0 Å². The Morgan fingerprint density at radius 3 is 2.50 bits per heavy atom. The third kappa shape index (κ3) is 8.62. The smallest absolute Gasteiger partial charge is 0.375 e. The van der Waals surface area contributed by atoms with E-state index in [1.807, 2.05) is 30.3 Å². The summed E-state index contributed by atoms with van der Waals surface area (Å²) in [6.07, 6.45) is 3.34. The van der Waals surface area contributed by atoms with Crippen molar-refractivity contribution in [3.63, 3.8) is 0 Å². The molecule has 0 atom stereocenters. The number of pyridine rings is 1. The number of nitrogens with zero attached hydrogens (tertiary/aromatic N) is 2. The number of rotatable bonds is 2. The van der Waals surface area contributed by atoms with Crippen LogP contribution in [-0.4, -0.2) is 33.8 Å². The Hall–Kier alpha value is -1.62. The SMILES string of the molecule is NC(=S)NN=Cc1nccc2ccccc12.O=S(=O)([OH2+])[OH2+].[Fe+2]. The van der Waals surface area contributed by atoms with Gasteiger partial charge in [0, 0.05) is 11.6 Å². The summed E-state index contributed by atoms with van der Waals surface area (Å²) in [6.45, 7) is 0.